The van der Waals surface area contributed by atoms with Crippen LogP contribution >= 0.6 is 11.6 Å². The number of H-pyrrole nitrogens is 1. The first-order valence-corrected chi connectivity index (χ1v) is 7.78. The topological polar surface area (TPSA) is 110 Å². The zero-order valence-corrected chi connectivity index (χ0v) is 13.9. The van der Waals surface area contributed by atoms with Crippen LogP contribution in [0.5, 0.6) is 0 Å². The number of carbonyl (C=O) groups is 2. The van der Waals surface area contributed by atoms with E-state index in [4.69, 9.17) is 16.3 Å². The SMILES string of the molecule is O=C(COC(=O)Cn1ccc(=O)[nH]c1=O)NCCc1ccc(Cl)cc1. The van der Waals surface area contributed by atoms with Crippen LogP contribution in [0.4, 0.5) is 0 Å². The monoisotopic (exact) mass is 365 g/mol. The maximum atomic E-state index is 11.6. The Hall–Kier alpha value is -2.87. The Labute approximate surface area is 147 Å². The molecule has 0 spiro atoms. The lowest BCUT2D eigenvalue weighted by molar-refractivity contribution is -0.149. The Morgan fingerprint density at radius 1 is 1.16 bits per heavy atom. The minimum Gasteiger partial charge on any atom is -0.454 e. The highest BCUT2D eigenvalue weighted by Gasteiger charge is 2.09. The van der Waals surface area contributed by atoms with E-state index in [1.165, 1.54) is 6.20 Å². The first-order valence-electron chi connectivity index (χ1n) is 7.40. The zero-order chi connectivity index (χ0) is 18.2. The van der Waals surface area contributed by atoms with Crippen LogP contribution in [0.25, 0.3) is 0 Å². The van der Waals surface area contributed by atoms with Gasteiger partial charge in [-0.15, -0.1) is 0 Å². The van der Waals surface area contributed by atoms with E-state index in [1.54, 1.807) is 12.1 Å². The summed E-state index contributed by atoms with van der Waals surface area (Å²) in [5.74, 6) is -1.21. The van der Waals surface area contributed by atoms with Gasteiger partial charge in [0.05, 0.1) is 0 Å². The van der Waals surface area contributed by atoms with Gasteiger partial charge in [-0.1, -0.05) is 23.7 Å². The molecule has 1 amide bonds. The molecular formula is C16H16ClN3O5. The Bertz CT molecular complexity index is 857. The van der Waals surface area contributed by atoms with Crippen molar-refractivity contribution in [1.29, 1.82) is 0 Å². The summed E-state index contributed by atoms with van der Waals surface area (Å²) in [4.78, 5) is 47.6. The van der Waals surface area contributed by atoms with Gasteiger partial charge in [0.1, 0.15) is 6.54 Å². The van der Waals surface area contributed by atoms with Crippen molar-refractivity contribution in [2.45, 2.75) is 13.0 Å². The molecule has 1 aromatic heterocycles. The molecule has 2 N–H and O–H groups in total. The van der Waals surface area contributed by atoms with Crippen molar-refractivity contribution in [2.24, 2.45) is 0 Å². The van der Waals surface area contributed by atoms with Gasteiger partial charge in [0.25, 0.3) is 11.5 Å². The van der Waals surface area contributed by atoms with Crippen LogP contribution in [-0.2, 0) is 27.3 Å². The van der Waals surface area contributed by atoms with Crippen LogP contribution in [0, 0.1) is 0 Å². The Morgan fingerprint density at radius 2 is 1.88 bits per heavy atom. The van der Waals surface area contributed by atoms with E-state index in [0.29, 0.717) is 18.0 Å². The van der Waals surface area contributed by atoms with Gasteiger partial charge in [-0.3, -0.25) is 23.9 Å². The number of nitrogens with zero attached hydrogens (tertiary/aromatic N) is 1. The number of aromatic nitrogens is 2. The number of halogens is 1. The van der Waals surface area contributed by atoms with E-state index in [1.807, 2.05) is 17.1 Å². The molecule has 25 heavy (non-hydrogen) atoms. The Kier molecular flexibility index (Phi) is 6.53. The second-order valence-corrected chi connectivity index (χ2v) is 5.56. The molecule has 0 aliphatic carbocycles. The van der Waals surface area contributed by atoms with E-state index in [2.05, 4.69) is 5.32 Å². The number of amides is 1. The standard InChI is InChI=1S/C16H16ClN3O5/c17-12-3-1-11(2-4-12)5-7-18-14(22)10-25-15(23)9-20-8-6-13(21)19-16(20)24/h1-4,6,8H,5,7,9-10H2,(H,18,22)(H,19,21,24). The van der Waals surface area contributed by atoms with E-state index in [-0.39, 0.29) is 0 Å². The molecule has 1 heterocycles. The lowest BCUT2D eigenvalue weighted by Crippen LogP contribution is -2.34. The maximum absolute atomic E-state index is 11.6. The summed E-state index contributed by atoms with van der Waals surface area (Å²) in [6.45, 7) is -0.456. The fourth-order valence-corrected chi connectivity index (χ4v) is 2.07. The first kappa shape index (κ1) is 18.5. The summed E-state index contributed by atoms with van der Waals surface area (Å²) in [7, 11) is 0. The fourth-order valence-electron chi connectivity index (χ4n) is 1.95. The third-order valence-corrected chi connectivity index (χ3v) is 3.46. The summed E-state index contributed by atoms with van der Waals surface area (Å²) < 4.78 is 5.77. The molecule has 9 heteroatoms. The van der Waals surface area contributed by atoms with Gasteiger partial charge >= 0.3 is 11.7 Å². The molecule has 2 aromatic rings. The average Bonchev–Trinajstić information content (AvgIpc) is 2.57. The molecule has 2 rings (SSSR count). The van der Waals surface area contributed by atoms with E-state index in [9.17, 15) is 19.2 Å². The minimum absolute atomic E-state index is 0.386. The number of ether oxygens (including phenoxy) is 1. The summed E-state index contributed by atoms with van der Waals surface area (Å²) in [5, 5.41) is 3.26. The van der Waals surface area contributed by atoms with Gasteiger partial charge < -0.3 is 10.1 Å². The van der Waals surface area contributed by atoms with Crippen molar-refractivity contribution in [2.75, 3.05) is 13.2 Å². The summed E-state index contributed by atoms with van der Waals surface area (Å²) in [5.41, 5.74) is -0.273. The van der Waals surface area contributed by atoms with Crippen molar-refractivity contribution in [3.05, 3.63) is 68.0 Å². The quantitative estimate of drug-likeness (QED) is 0.676. The molecule has 0 aliphatic heterocycles. The minimum atomic E-state index is -0.762. The van der Waals surface area contributed by atoms with Crippen LogP contribution in [0.1, 0.15) is 5.56 Å². The number of rotatable bonds is 7. The molecule has 132 valence electrons. The van der Waals surface area contributed by atoms with Crippen molar-refractivity contribution < 1.29 is 14.3 Å². The molecule has 0 unspecified atom stereocenters. The molecule has 0 bridgehead atoms. The number of esters is 1. The number of hydrogen-bond acceptors (Lipinski definition) is 5. The van der Waals surface area contributed by atoms with Crippen LogP contribution < -0.4 is 16.6 Å². The maximum Gasteiger partial charge on any atom is 0.328 e. The van der Waals surface area contributed by atoms with E-state index in [0.717, 1.165) is 16.2 Å². The van der Waals surface area contributed by atoms with E-state index < -0.39 is 36.3 Å². The molecule has 0 atom stereocenters. The number of nitrogens with one attached hydrogen (secondary N) is 2. The normalized spacial score (nSPS) is 10.3. The average molecular weight is 366 g/mol. The lowest BCUT2D eigenvalue weighted by atomic mass is 10.1. The number of aromatic amines is 1. The summed E-state index contributed by atoms with van der Waals surface area (Å²) in [6, 6.07) is 8.35. The Morgan fingerprint density at radius 3 is 2.56 bits per heavy atom. The van der Waals surface area contributed by atoms with Gasteiger partial charge in [-0.2, -0.15) is 0 Å². The fraction of sp³-hybridized carbons (Fsp3) is 0.250. The van der Waals surface area contributed by atoms with Gasteiger partial charge in [0.2, 0.25) is 0 Å². The molecule has 0 aliphatic rings. The molecule has 0 radical (unpaired) electrons. The highest BCUT2D eigenvalue weighted by Crippen LogP contribution is 2.09. The van der Waals surface area contributed by atoms with Crippen molar-refractivity contribution >= 4 is 23.5 Å². The third-order valence-electron chi connectivity index (χ3n) is 3.21. The number of carbonyl (C=O) groups excluding carboxylic acids is 2. The van der Waals surface area contributed by atoms with Crippen molar-refractivity contribution in [3.63, 3.8) is 0 Å². The molecule has 1 aromatic carbocycles. The molecule has 8 nitrogen and oxygen atoms in total. The predicted molar refractivity (Wildman–Crippen MR) is 90.4 cm³/mol. The van der Waals surface area contributed by atoms with Crippen LogP contribution in [0.15, 0.2) is 46.1 Å². The predicted octanol–water partition coefficient (Wildman–Crippen LogP) is 0.0921. The second kappa shape index (κ2) is 8.84. The summed E-state index contributed by atoms with van der Waals surface area (Å²) >= 11 is 5.79. The molecular weight excluding hydrogens is 350 g/mol. The molecule has 0 fully saturated rings. The van der Waals surface area contributed by atoms with E-state index >= 15 is 0 Å². The zero-order valence-electron chi connectivity index (χ0n) is 13.2. The largest absolute Gasteiger partial charge is 0.454 e. The van der Waals surface area contributed by atoms with Gasteiger partial charge in [0, 0.05) is 23.8 Å². The van der Waals surface area contributed by atoms with Crippen LogP contribution in [0.2, 0.25) is 5.02 Å². The second-order valence-electron chi connectivity index (χ2n) is 5.13. The lowest BCUT2D eigenvalue weighted by Gasteiger charge is -2.07. The van der Waals surface area contributed by atoms with Gasteiger partial charge in [-0.05, 0) is 24.1 Å². The highest BCUT2D eigenvalue weighted by atomic mass is 35.5. The number of benzene rings is 1. The van der Waals surface area contributed by atoms with Crippen LogP contribution in [0.3, 0.4) is 0 Å². The summed E-state index contributed by atoms with van der Waals surface area (Å²) in [6.07, 6.45) is 1.79. The van der Waals surface area contributed by atoms with Crippen LogP contribution in [-0.4, -0.2) is 34.6 Å². The molecule has 0 saturated heterocycles. The first-order chi connectivity index (χ1) is 11.9. The smallest absolute Gasteiger partial charge is 0.328 e. The van der Waals surface area contributed by atoms with Crippen molar-refractivity contribution in [1.82, 2.24) is 14.9 Å². The van der Waals surface area contributed by atoms with Gasteiger partial charge in [0.15, 0.2) is 6.61 Å². The highest BCUT2D eigenvalue weighted by molar-refractivity contribution is 6.30. The van der Waals surface area contributed by atoms with Crippen molar-refractivity contribution in [3.8, 4) is 0 Å². The molecule has 0 saturated carbocycles. The van der Waals surface area contributed by atoms with Gasteiger partial charge in [-0.25, -0.2) is 4.79 Å². The third kappa shape index (κ3) is 6.27. The number of hydrogen-bond donors (Lipinski definition) is 2. The Balaban J connectivity index is 1.70.